The molecule has 4 aromatic carbocycles. The zero-order chi connectivity index (χ0) is 24.4. The third kappa shape index (κ3) is 4.68. The minimum absolute atomic E-state index is 0.455. The molecule has 0 aliphatic rings. The molecule has 0 saturated heterocycles. The molecule has 0 fully saturated rings. The summed E-state index contributed by atoms with van der Waals surface area (Å²) in [4.78, 5) is 14.3. The lowest BCUT2D eigenvalue weighted by molar-refractivity contribution is -0.137. The van der Waals surface area contributed by atoms with Crippen molar-refractivity contribution in [3.8, 4) is 45.3 Å². The summed E-state index contributed by atoms with van der Waals surface area (Å²) in [5, 5.41) is 0. The first kappa shape index (κ1) is 22.5. The monoisotopic (exact) mass is 467 g/mol. The summed E-state index contributed by atoms with van der Waals surface area (Å²) in [6, 6.07) is 30.1. The first-order valence-electron chi connectivity index (χ1n) is 11.0. The molecule has 0 amide bonds. The molecule has 0 spiro atoms. The largest absolute Gasteiger partial charge is 0.416 e. The molecule has 0 aliphatic carbocycles. The number of hydrogen-bond donors (Lipinski definition) is 0. The molecule has 5 aromatic rings. The van der Waals surface area contributed by atoms with E-state index in [9.17, 15) is 13.2 Å². The van der Waals surface area contributed by atoms with Crippen LogP contribution in [0.5, 0.6) is 0 Å². The van der Waals surface area contributed by atoms with Crippen LogP contribution in [0.3, 0.4) is 0 Å². The molecule has 6 heteroatoms. The van der Waals surface area contributed by atoms with E-state index >= 15 is 0 Å². The van der Waals surface area contributed by atoms with E-state index in [0.717, 1.165) is 39.9 Å². The fourth-order valence-corrected chi connectivity index (χ4v) is 3.99. The Morgan fingerprint density at radius 2 is 1.03 bits per heavy atom. The van der Waals surface area contributed by atoms with E-state index in [4.69, 9.17) is 15.0 Å². The van der Waals surface area contributed by atoms with Crippen LogP contribution in [0.1, 0.15) is 11.1 Å². The number of aryl methyl sites for hydroxylation is 1. The maximum Gasteiger partial charge on any atom is 0.416 e. The number of halogens is 3. The molecule has 35 heavy (non-hydrogen) atoms. The molecule has 0 bridgehead atoms. The van der Waals surface area contributed by atoms with Crippen molar-refractivity contribution in [2.45, 2.75) is 13.1 Å². The van der Waals surface area contributed by atoms with Gasteiger partial charge in [-0.25, -0.2) is 15.0 Å². The van der Waals surface area contributed by atoms with Gasteiger partial charge in [-0.2, -0.15) is 13.2 Å². The zero-order valence-corrected chi connectivity index (χ0v) is 18.8. The minimum Gasteiger partial charge on any atom is -0.208 e. The second kappa shape index (κ2) is 9.14. The summed E-state index contributed by atoms with van der Waals surface area (Å²) in [7, 11) is 0. The predicted molar refractivity (Wildman–Crippen MR) is 131 cm³/mol. The van der Waals surface area contributed by atoms with Gasteiger partial charge in [0.25, 0.3) is 0 Å². The van der Waals surface area contributed by atoms with Gasteiger partial charge in [-0.05, 0) is 35.7 Å². The Bertz CT molecular complexity index is 1410. The van der Waals surface area contributed by atoms with Crippen LogP contribution in [0.4, 0.5) is 13.2 Å². The van der Waals surface area contributed by atoms with Crippen molar-refractivity contribution >= 4 is 0 Å². The Morgan fingerprint density at radius 3 is 1.54 bits per heavy atom. The Hall–Kier alpha value is -4.32. The molecule has 0 radical (unpaired) electrons. The molecule has 0 unspecified atom stereocenters. The molecular formula is C29H20F3N3. The van der Waals surface area contributed by atoms with Crippen molar-refractivity contribution < 1.29 is 13.2 Å². The highest BCUT2D eigenvalue weighted by Gasteiger charge is 2.30. The fraction of sp³-hybridized carbons (Fsp3) is 0.0690. The minimum atomic E-state index is -4.39. The summed E-state index contributed by atoms with van der Waals surface area (Å²) in [6.07, 6.45) is -4.39. The normalized spacial score (nSPS) is 11.4. The Morgan fingerprint density at radius 1 is 0.514 bits per heavy atom. The van der Waals surface area contributed by atoms with Gasteiger partial charge in [-0.1, -0.05) is 91.0 Å². The van der Waals surface area contributed by atoms with Crippen LogP contribution in [0, 0.1) is 6.92 Å². The van der Waals surface area contributed by atoms with Crippen LogP contribution in [0.25, 0.3) is 45.3 Å². The lowest BCUT2D eigenvalue weighted by atomic mass is 9.94. The molecule has 5 rings (SSSR count). The van der Waals surface area contributed by atoms with Crippen LogP contribution >= 0.6 is 0 Å². The maximum atomic E-state index is 13.1. The molecule has 0 saturated carbocycles. The predicted octanol–water partition coefficient (Wildman–Crippen LogP) is 7.87. The van der Waals surface area contributed by atoms with E-state index in [1.165, 1.54) is 12.1 Å². The maximum absolute atomic E-state index is 13.1. The Kier molecular flexibility index (Phi) is 5.87. The standard InChI is InChI=1S/C29H20F3N3/c1-19-9-8-14-24(25(19)20-15-17-23(18-16-20)29(30,31)32)28-34-26(21-10-4-2-5-11-21)33-27(35-28)22-12-6-3-7-13-22/h2-18H,1H3. The van der Waals surface area contributed by atoms with E-state index in [0.29, 0.717) is 23.0 Å². The second-order valence-electron chi connectivity index (χ2n) is 8.11. The van der Waals surface area contributed by atoms with Gasteiger partial charge in [0.1, 0.15) is 0 Å². The Balaban J connectivity index is 1.71. The third-order valence-electron chi connectivity index (χ3n) is 5.71. The van der Waals surface area contributed by atoms with Crippen LogP contribution < -0.4 is 0 Å². The molecule has 0 aliphatic heterocycles. The van der Waals surface area contributed by atoms with Gasteiger partial charge < -0.3 is 0 Å². The van der Waals surface area contributed by atoms with Crippen molar-refractivity contribution in [1.29, 1.82) is 0 Å². The van der Waals surface area contributed by atoms with Crippen LogP contribution in [0.15, 0.2) is 103 Å². The number of hydrogen-bond acceptors (Lipinski definition) is 3. The summed E-state index contributed by atoms with van der Waals surface area (Å²) in [6.45, 7) is 1.92. The summed E-state index contributed by atoms with van der Waals surface area (Å²) < 4.78 is 39.4. The van der Waals surface area contributed by atoms with Gasteiger partial charge in [0.15, 0.2) is 17.5 Å². The first-order chi connectivity index (χ1) is 16.9. The summed E-state index contributed by atoms with van der Waals surface area (Å²) >= 11 is 0. The van der Waals surface area contributed by atoms with Gasteiger partial charge in [0.05, 0.1) is 5.56 Å². The molecule has 172 valence electrons. The van der Waals surface area contributed by atoms with Crippen LogP contribution in [-0.2, 0) is 6.18 Å². The van der Waals surface area contributed by atoms with Gasteiger partial charge in [-0.15, -0.1) is 0 Å². The first-order valence-corrected chi connectivity index (χ1v) is 11.0. The van der Waals surface area contributed by atoms with E-state index in [1.54, 1.807) is 0 Å². The number of aromatic nitrogens is 3. The van der Waals surface area contributed by atoms with Gasteiger partial charge >= 0.3 is 6.18 Å². The van der Waals surface area contributed by atoms with E-state index in [-0.39, 0.29) is 0 Å². The van der Waals surface area contributed by atoms with Gasteiger partial charge in [0.2, 0.25) is 0 Å². The van der Waals surface area contributed by atoms with E-state index in [1.807, 2.05) is 85.8 Å². The molecular weight excluding hydrogens is 447 g/mol. The quantitative estimate of drug-likeness (QED) is 0.270. The van der Waals surface area contributed by atoms with Gasteiger partial charge in [0, 0.05) is 16.7 Å². The van der Waals surface area contributed by atoms with Crippen LogP contribution in [-0.4, -0.2) is 15.0 Å². The van der Waals surface area contributed by atoms with Crippen molar-refractivity contribution in [2.24, 2.45) is 0 Å². The average Bonchev–Trinajstić information content (AvgIpc) is 2.89. The SMILES string of the molecule is Cc1cccc(-c2nc(-c3ccccc3)nc(-c3ccccc3)n2)c1-c1ccc(C(F)(F)F)cc1. The topological polar surface area (TPSA) is 38.7 Å². The van der Waals surface area contributed by atoms with Gasteiger partial charge in [-0.3, -0.25) is 0 Å². The highest BCUT2D eigenvalue weighted by Crippen LogP contribution is 2.36. The summed E-state index contributed by atoms with van der Waals surface area (Å²) in [5.74, 6) is 1.50. The van der Waals surface area contributed by atoms with Crippen molar-refractivity contribution in [3.05, 3.63) is 114 Å². The summed E-state index contributed by atoms with van der Waals surface area (Å²) in [5.41, 5.74) is 4.08. The van der Waals surface area contributed by atoms with Crippen molar-refractivity contribution in [3.63, 3.8) is 0 Å². The van der Waals surface area contributed by atoms with Crippen molar-refractivity contribution in [1.82, 2.24) is 15.0 Å². The lowest BCUT2D eigenvalue weighted by Gasteiger charge is -2.15. The van der Waals surface area contributed by atoms with E-state index in [2.05, 4.69) is 0 Å². The average molecular weight is 467 g/mol. The lowest BCUT2D eigenvalue weighted by Crippen LogP contribution is -2.04. The Labute approximate surface area is 201 Å². The smallest absolute Gasteiger partial charge is 0.208 e. The number of rotatable bonds is 4. The molecule has 3 nitrogen and oxygen atoms in total. The zero-order valence-electron chi connectivity index (χ0n) is 18.8. The van der Waals surface area contributed by atoms with E-state index < -0.39 is 11.7 Å². The second-order valence-corrected chi connectivity index (χ2v) is 8.11. The number of nitrogens with zero attached hydrogens (tertiary/aromatic N) is 3. The molecule has 0 atom stereocenters. The number of benzene rings is 4. The van der Waals surface area contributed by atoms with Crippen LogP contribution in [0.2, 0.25) is 0 Å². The highest BCUT2D eigenvalue weighted by atomic mass is 19.4. The highest BCUT2D eigenvalue weighted by molar-refractivity contribution is 5.84. The van der Waals surface area contributed by atoms with Crippen molar-refractivity contribution in [2.75, 3.05) is 0 Å². The fourth-order valence-electron chi connectivity index (χ4n) is 3.99. The molecule has 1 aromatic heterocycles. The third-order valence-corrected chi connectivity index (χ3v) is 5.71. The number of alkyl halides is 3. The molecule has 0 N–H and O–H groups in total. The molecule has 1 heterocycles.